The quantitative estimate of drug-likeness (QED) is 0.113. The summed E-state index contributed by atoms with van der Waals surface area (Å²) in [4.78, 5) is 4.78. The van der Waals surface area contributed by atoms with Crippen molar-refractivity contribution in [2.24, 2.45) is 0 Å². The molecule has 0 amide bonds. The standard InChI is InChI=1S/C74H52N2/c1-7-21-53(22-8-1)57-37-41-65(42-38-57)75(63-33-15-5-16-34-63)67-45-47-69-71(51-67)73(61-31-19-29-59(49-61)55-25-11-3-12-26-55)70-48-46-68(52-72(70)74(69)62-32-20-30-60(50-62)56-27-13-4-14-28-56)76(64-35-17-6-18-36-64)66-43-39-58(40-44-66)54-23-9-2-10-24-54/h1-52H. The number of fused-ring (bicyclic) bond motifs is 2. The van der Waals surface area contributed by atoms with E-state index in [4.69, 9.17) is 0 Å². The summed E-state index contributed by atoms with van der Waals surface area (Å²) in [7, 11) is 0. The highest BCUT2D eigenvalue weighted by Crippen LogP contribution is 2.49. The topological polar surface area (TPSA) is 6.48 Å². The minimum atomic E-state index is 1.07. The molecule has 0 saturated heterocycles. The van der Waals surface area contributed by atoms with Gasteiger partial charge in [0.15, 0.2) is 0 Å². The summed E-state index contributed by atoms with van der Waals surface area (Å²) in [6.07, 6.45) is 0. The normalized spacial score (nSPS) is 11.2. The van der Waals surface area contributed by atoms with Crippen LogP contribution in [0.5, 0.6) is 0 Å². The predicted octanol–water partition coefficient (Wildman–Crippen LogP) is 20.9. The molecule has 0 atom stereocenters. The number of para-hydroxylation sites is 2. The smallest absolute Gasteiger partial charge is 0.0468 e. The summed E-state index contributed by atoms with van der Waals surface area (Å²) >= 11 is 0. The van der Waals surface area contributed by atoms with Gasteiger partial charge in [0.05, 0.1) is 0 Å². The molecule has 0 aliphatic rings. The average Bonchev–Trinajstić information content (AvgIpc) is 3.56. The summed E-state index contributed by atoms with van der Waals surface area (Å²) in [5.41, 5.74) is 20.6. The number of hydrogen-bond acceptors (Lipinski definition) is 2. The Morgan fingerprint density at radius 1 is 0.145 bits per heavy atom. The van der Waals surface area contributed by atoms with Gasteiger partial charge in [0.2, 0.25) is 0 Å². The van der Waals surface area contributed by atoms with Crippen molar-refractivity contribution < 1.29 is 0 Å². The van der Waals surface area contributed by atoms with Gasteiger partial charge in [0.1, 0.15) is 0 Å². The molecule has 0 N–H and O–H groups in total. The molecule has 0 heterocycles. The van der Waals surface area contributed by atoms with Crippen molar-refractivity contribution in [1.29, 1.82) is 0 Å². The van der Waals surface area contributed by atoms with Crippen molar-refractivity contribution in [3.63, 3.8) is 0 Å². The van der Waals surface area contributed by atoms with Crippen molar-refractivity contribution in [2.45, 2.75) is 0 Å². The highest BCUT2D eigenvalue weighted by Gasteiger charge is 2.23. The first-order valence-electron chi connectivity index (χ1n) is 26.1. The molecule has 358 valence electrons. The number of hydrogen-bond donors (Lipinski definition) is 0. The second kappa shape index (κ2) is 20.5. The number of benzene rings is 13. The molecule has 0 aliphatic carbocycles. The van der Waals surface area contributed by atoms with Gasteiger partial charge in [0, 0.05) is 34.1 Å². The Morgan fingerprint density at radius 3 is 0.737 bits per heavy atom. The van der Waals surface area contributed by atoms with Gasteiger partial charge >= 0.3 is 0 Å². The van der Waals surface area contributed by atoms with Crippen LogP contribution in [0.15, 0.2) is 315 Å². The summed E-state index contributed by atoms with van der Waals surface area (Å²) in [5, 5.41) is 4.68. The second-order valence-electron chi connectivity index (χ2n) is 19.3. The lowest BCUT2D eigenvalue weighted by atomic mass is 9.84. The van der Waals surface area contributed by atoms with Crippen LogP contribution in [-0.4, -0.2) is 0 Å². The molecule has 2 nitrogen and oxygen atoms in total. The molecule has 0 radical (unpaired) electrons. The molecule has 0 unspecified atom stereocenters. The van der Waals surface area contributed by atoms with E-state index in [-0.39, 0.29) is 0 Å². The zero-order valence-corrected chi connectivity index (χ0v) is 41.9. The first-order chi connectivity index (χ1) is 37.7. The molecule has 0 fully saturated rings. The molecule has 13 rings (SSSR count). The lowest BCUT2D eigenvalue weighted by Gasteiger charge is -2.28. The lowest BCUT2D eigenvalue weighted by molar-refractivity contribution is 1.29. The molecule has 13 aromatic rings. The maximum atomic E-state index is 2.43. The van der Waals surface area contributed by atoms with Crippen LogP contribution in [0.3, 0.4) is 0 Å². The Hall–Kier alpha value is -10.0. The third-order valence-electron chi connectivity index (χ3n) is 14.6. The van der Waals surface area contributed by atoms with Crippen LogP contribution in [0.4, 0.5) is 34.1 Å². The Labute approximate surface area is 445 Å². The molecular weight excluding hydrogens is 917 g/mol. The average molecular weight is 969 g/mol. The van der Waals surface area contributed by atoms with Crippen LogP contribution < -0.4 is 9.80 Å². The summed E-state index contributed by atoms with van der Waals surface area (Å²) in [6.45, 7) is 0. The van der Waals surface area contributed by atoms with Crippen LogP contribution in [0.2, 0.25) is 0 Å². The van der Waals surface area contributed by atoms with E-state index in [0.29, 0.717) is 0 Å². The number of anilines is 6. The first kappa shape index (κ1) is 45.8. The Morgan fingerprint density at radius 2 is 0.395 bits per heavy atom. The van der Waals surface area contributed by atoms with E-state index in [1.807, 2.05) is 0 Å². The lowest BCUT2D eigenvalue weighted by Crippen LogP contribution is -2.10. The minimum Gasteiger partial charge on any atom is -0.310 e. The Bertz CT molecular complexity index is 3830. The molecule has 2 heteroatoms. The van der Waals surface area contributed by atoms with E-state index in [0.717, 1.165) is 45.3 Å². The van der Waals surface area contributed by atoms with Crippen LogP contribution in [-0.2, 0) is 0 Å². The van der Waals surface area contributed by atoms with E-state index in [1.165, 1.54) is 77.2 Å². The van der Waals surface area contributed by atoms with Crippen molar-refractivity contribution in [2.75, 3.05) is 9.80 Å². The van der Waals surface area contributed by atoms with Gasteiger partial charge in [-0.2, -0.15) is 0 Å². The number of rotatable bonds is 12. The van der Waals surface area contributed by atoms with Gasteiger partial charge in [0.25, 0.3) is 0 Å². The molecular formula is C74H52N2. The van der Waals surface area contributed by atoms with Gasteiger partial charge in [-0.15, -0.1) is 0 Å². The van der Waals surface area contributed by atoms with E-state index in [1.54, 1.807) is 0 Å². The highest BCUT2D eigenvalue weighted by molar-refractivity contribution is 6.23. The van der Waals surface area contributed by atoms with E-state index in [9.17, 15) is 0 Å². The SMILES string of the molecule is c1ccc(-c2ccc(N(c3ccccc3)c3ccc4c(-c5cccc(-c6ccccc6)c5)c5cc(N(c6ccccc6)c6ccc(-c7ccccc7)cc6)ccc5c(-c5cccc(-c6ccccc6)c5)c4c3)cc2)cc1. The van der Waals surface area contributed by atoms with Gasteiger partial charge in [-0.25, -0.2) is 0 Å². The summed E-state index contributed by atoms with van der Waals surface area (Å²) < 4.78 is 0. The Balaban J connectivity index is 1.09. The van der Waals surface area contributed by atoms with Crippen LogP contribution in [0.1, 0.15) is 0 Å². The fourth-order valence-corrected chi connectivity index (χ4v) is 11.0. The van der Waals surface area contributed by atoms with E-state index >= 15 is 0 Å². The predicted molar refractivity (Wildman–Crippen MR) is 323 cm³/mol. The molecule has 0 aromatic heterocycles. The molecule has 76 heavy (non-hydrogen) atoms. The molecule has 0 spiro atoms. The molecule has 0 bridgehead atoms. The minimum absolute atomic E-state index is 1.07. The zero-order chi connectivity index (χ0) is 50.6. The van der Waals surface area contributed by atoms with Crippen LogP contribution in [0.25, 0.3) is 88.3 Å². The molecule has 13 aromatic carbocycles. The van der Waals surface area contributed by atoms with Crippen LogP contribution in [0, 0.1) is 0 Å². The fraction of sp³-hybridized carbons (Fsp3) is 0. The summed E-state index contributed by atoms with van der Waals surface area (Å²) in [5.74, 6) is 0. The van der Waals surface area contributed by atoms with Crippen molar-refractivity contribution in [1.82, 2.24) is 0 Å². The Kier molecular flexibility index (Phi) is 12.3. The van der Waals surface area contributed by atoms with Gasteiger partial charge in [-0.3, -0.25) is 0 Å². The fourth-order valence-electron chi connectivity index (χ4n) is 11.0. The zero-order valence-electron chi connectivity index (χ0n) is 41.9. The first-order valence-corrected chi connectivity index (χ1v) is 26.1. The maximum Gasteiger partial charge on any atom is 0.0468 e. The molecule has 0 aliphatic heterocycles. The van der Waals surface area contributed by atoms with Gasteiger partial charge < -0.3 is 9.80 Å². The summed E-state index contributed by atoms with van der Waals surface area (Å²) in [6, 6.07) is 115. The van der Waals surface area contributed by atoms with E-state index < -0.39 is 0 Å². The van der Waals surface area contributed by atoms with Crippen molar-refractivity contribution in [3.05, 3.63) is 315 Å². The highest BCUT2D eigenvalue weighted by atomic mass is 15.1. The maximum absolute atomic E-state index is 2.43. The van der Waals surface area contributed by atoms with Gasteiger partial charge in [-0.1, -0.05) is 231 Å². The monoisotopic (exact) mass is 968 g/mol. The number of nitrogens with zero attached hydrogens (tertiary/aromatic N) is 2. The molecule has 0 saturated carbocycles. The van der Waals surface area contributed by atoms with Crippen molar-refractivity contribution in [3.8, 4) is 66.8 Å². The van der Waals surface area contributed by atoms with Crippen molar-refractivity contribution >= 4 is 55.7 Å². The third-order valence-corrected chi connectivity index (χ3v) is 14.6. The third kappa shape index (κ3) is 8.99. The van der Waals surface area contributed by atoms with Gasteiger partial charge in [-0.05, 0) is 173 Å². The largest absolute Gasteiger partial charge is 0.310 e. The second-order valence-corrected chi connectivity index (χ2v) is 19.3. The van der Waals surface area contributed by atoms with E-state index in [2.05, 4.69) is 325 Å². The van der Waals surface area contributed by atoms with Crippen LogP contribution >= 0.6 is 0 Å².